The molecule has 4 aromatic rings. The van der Waals surface area contributed by atoms with Gasteiger partial charge in [-0.3, -0.25) is 9.59 Å². The first-order valence-electron chi connectivity index (χ1n) is 19.2. The molecule has 0 aliphatic carbocycles. The second kappa shape index (κ2) is 16.9. The Bertz CT molecular complexity index is 1830. The summed E-state index contributed by atoms with van der Waals surface area (Å²) in [6.07, 6.45) is 6.00. The first kappa shape index (κ1) is 38.6. The topological polar surface area (TPSA) is 175 Å². The Morgan fingerprint density at radius 2 is 1.19 bits per heavy atom. The Morgan fingerprint density at radius 1 is 0.704 bits per heavy atom. The van der Waals surface area contributed by atoms with E-state index in [0.717, 1.165) is 85.1 Å². The van der Waals surface area contributed by atoms with E-state index in [2.05, 4.69) is 50.9 Å². The average Bonchev–Trinajstić information content (AvgIpc) is 3.98. The standard InChI is InChI=1S/C40H54N8O6/c1-23(2)33(45-39(51)53-5)37(49)47-19-9-13-31(47)35-41-27-17-15-25(21-29(27)43-35)11-7-8-12-26-16-18-28-30(22-26)44-36(42-28)32-14-10-20-48(32)38(50)34(24(3)4)46-40(52)54-6/h15-18,21-24,31-34H,7-14,19-20H2,1-6H3,(H,41,43)(H,42,44)(H,45,51)(H,46,52)/t31-,32-,33-,34?/m0/s1. The third kappa shape index (κ3) is 8.47. The predicted molar refractivity (Wildman–Crippen MR) is 205 cm³/mol. The summed E-state index contributed by atoms with van der Waals surface area (Å²) in [5.74, 6) is 1.12. The molecule has 4 atom stereocenters. The van der Waals surface area contributed by atoms with Crippen molar-refractivity contribution in [2.75, 3.05) is 27.3 Å². The number of ether oxygens (including phenoxy) is 2. The lowest BCUT2D eigenvalue weighted by molar-refractivity contribution is -0.136. The summed E-state index contributed by atoms with van der Waals surface area (Å²) in [5, 5.41) is 5.41. The number of methoxy groups -OCH3 is 2. The number of aryl methyl sites for hydroxylation is 2. The number of imidazole rings is 2. The van der Waals surface area contributed by atoms with Gasteiger partial charge in [0.1, 0.15) is 23.7 Å². The maximum Gasteiger partial charge on any atom is 0.407 e. The van der Waals surface area contributed by atoms with Crippen LogP contribution in [0.15, 0.2) is 36.4 Å². The molecule has 0 spiro atoms. The van der Waals surface area contributed by atoms with E-state index in [9.17, 15) is 19.2 Å². The maximum atomic E-state index is 13.6. The van der Waals surface area contributed by atoms with Gasteiger partial charge in [-0.1, -0.05) is 39.8 Å². The van der Waals surface area contributed by atoms with Gasteiger partial charge in [0, 0.05) is 13.1 Å². The molecule has 2 aliphatic rings. The molecular formula is C40H54N8O6. The molecule has 0 radical (unpaired) electrons. The van der Waals surface area contributed by atoms with Gasteiger partial charge in [0.2, 0.25) is 11.8 Å². The molecule has 2 aromatic heterocycles. The van der Waals surface area contributed by atoms with Crippen LogP contribution in [0, 0.1) is 11.8 Å². The zero-order chi connectivity index (χ0) is 38.5. The Morgan fingerprint density at radius 3 is 1.70 bits per heavy atom. The molecule has 14 heteroatoms. The molecule has 0 saturated carbocycles. The van der Waals surface area contributed by atoms with Gasteiger partial charge in [-0.25, -0.2) is 19.6 Å². The minimum Gasteiger partial charge on any atom is -0.453 e. The number of hydrogen-bond acceptors (Lipinski definition) is 8. The number of likely N-dealkylation sites (tertiary alicyclic amines) is 2. The SMILES string of the molecule is COC(=O)NC(C(=O)N1CCC[C@H]1c1nc2ccc(CCCCc3ccc4[nH]c([C@@H]5CCCN5C(=O)[C@@H](NC(=O)OC)C(C)C)nc4c3)cc2[nH]1)C(C)C. The number of benzene rings is 2. The molecule has 1 unspecified atom stereocenters. The van der Waals surface area contributed by atoms with Crippen molar-refractivity contribution >= 4 is 46.1 Å². The van der Waals surface area contributed by atoms with Gasteiger partial charge in [-0.2, -0.15) is 0 Å². The van der Waals surface area contributed by atoms with Crippen molar-refractivity contribution in [3.63, 3.8) is 0 Å². The van der Waals surface area contributed by atoms with Gasteiger partial charge in [-0.15, -0.1) is 0 Å². The Labute approximate surface area is 316 Å². The van der Waals surface area contributed by atoms with Crippen LogP contribution in [0.3, 0.4) is 0 Å². The van der Waals surface area contributed by atoms with Crippen molar-refractivity contribution in [3.8, 4) is 0 Å². The summed E-state index contributed by atoms with van der Waals surface area (Å²) in [6.45, 7) is 8.87. The lowest BCUT2D eigenvalue weighted by atomic mass is 10.0. The largest absolute Gasteiger partial charge is 0.453 e. The number of nitrogens with zero attached hydrogens (tertiary/aromatic N) is 4. The first-order valence-corrected chi connectivity index (χ1v) is 19.2. The van der Waals surface area contributed by atoms with Crippen molar-refractivity contribution in [1.82, 2.24) is 40.4 Å². The van der Waals surface area contributed by atoms with Crippen molar-refractivity contribution in [1.29, 1.82) is 0 Å². The molecule has 2 fully saturated rings. The lowest BCUT2D eigenvalue weighted by Crippen LogP contribution is -2.51. The summed E-state index contributed by atoms with van der Waals surface area (Å²) in [7, 11) is 2.59. The number of carbonyl (C=O) groups is 4. The fourth-order valence-corrected chi connectivity index (χ4v) is 7.82. The number of aromatic nitrogens is 4. The van der Waals surface area contributed by atoms with Crippen LogP contribution in [-0.2, 0) is 31.9 Å². The Balaban J connectivity index is 1.05. The highest BCUT2D eigenvalue weighted by Gasteiger charge is 2.39. The summed E-state index contributed by atoms with van der Waals surface area (Å²) in [4.78, 5) is 71.4. The van der Waals surface area contributed by atoms with E-state index < -0.39 is 24.3 Å². The number of nitrogens with one attached hydrogen (secondary N) is 4. The van der Waals surface area contributed by atoms with Gasteiger partial charge >= 0.3 is 12.2 Å². The third-order valence-electron chi connectivity index (χ3n) is 10.8. The number of fused-ring (bicyclic) bond motifs is 2. The summed E-state index contributed by atoms with van der Waals surface area (Å²) >= 11 is 0. The molecule has 290 valence electrons. The van der Waals surface area contributed by atoms with E-state index in [1.54, 1.807) is 0 Å². The molecule has 6 rings (SSSR count). The highest BCUT2D eigenvalue weighted by atomic mass is 16.5. The highest BCUT2D eigenvalue weighted by Crippen LogP contribution is 2.34. The average molecular weight is 743 g/mol. The van der Waals surface area contributed by atoms with Crippen molar-refractivity contribution < 1.29 is 28.7 Å². The summed E-state index contributed by atoms with van der Waals surface area (Å²) in [5.41, 5.74) is 6.09. The molecule has 54 heavy (non-hydrogen) atoms. The molecule has 4 N–H and O–H groups in total. The maximum absolute atomic E-state index is 13.6. The van der Waals surface area contributed by atoms with Crippen molar-refractivity contribution in [2.24, 2.45) is 11.8 Å². The Kier molecular flexibility index (Phi) is 12.1. The fraction of sp³-hybridized carbons (Fsp3) is 0.550. The van der Waals surface area contributed by atoms with E-state index in [4.69, 9.17) is 19.4 Å². The van der Waals surface area contributed by atoms with Gasteiger partial charge in [0.15, 0.2) is 0 Å². The minimum absolute atomic E-state index is 0.0909. The molecule has 4 heterocycles. The second-order valence-corrected chi connectivity index (χ2v) is 15.2. The number of alkyl carbamates (subject to hydrolysis) is 2. The number of amides is 4. The monoisotopic (exact) mass is 742 g/mol. The Hall–Kier alpha value is -5.14. The number of rotatable bonds is 13. The zero-order valence-electron chi connectivity index (χ0n) is 32.2. The van der Waals surface area contributed by atoms with Crippen LogP contribution in [0.5, 0.6) is 0 Å². The van der Waals surface area contributed by atoms with Crippen molar-refractivity contribution in [3.05, 3.63) is 59.2 Å². The van der Waals surface area contributed by atoms with Crippen LogP contribution < -0.4 is 10.6 Å². The second-order valence-electron chi connectivity index (χ2n) is 15.2. The zero-order valence-corrected chi connectivity index (χ0v) is 32.2. The van der Waals surface area contributed by atoms with Crippen LogP contribution in [0.2, 0.25) is 0 Å². The van der Waals surface area contributed by atoms with Gasteiger partial charge in [0.25, 0.3) is 0 Å². The van der Waals surface area contributed by atoms with E-state index in [0.29, 0.717) is 13.1 Å². The van der Waals surface area contributed by atoms with Gasteiger partial charge < -0.3 is 39.9 Å². The van der Waals surface area contributed by atoms with Crippen molar-refractivity contribution in [2.45, 2.75) is 103 Å². The summed E-state index contributed by atoms with van der Waals surface area (Å²) in [6, 6.07) is 11.0. The quantitative estimate of drug-likeness (QED) is 0.119. The number of H-pyrrole nitrogens is 2. The van der Waals surface area contributed by atoms with E-state index in [1.165, 1.54) is 25.3 Å². The number of unbranched alkanes of at least 4 members (excludes halogenated alkanes) is 1. The van der Waals surface area contributed by atoms with Gasteiger partial charge in [-0.05, 0) is 98.6 Å². The highest BCUT2D eigenvalue weighted by molar-refractivity contribution is 5.87. The van der Waals surface area contributed by atoms with Gasteiger partial charge in [0.05, 0.1) is 48.4 Å². The number of hydrogen-bond donors (Lipinski definition) is 4. The molecule has 2 aromatic carbocycles. The molecule has 14 nitrogen and oxygen atoms in total. The first-order chi connectivity index (χ1) is 26.0. The van der Waals surface area contributed by atoms with E-state index in [1.807, 2.05) is 43.6 Å². The van der Waals surface area contributed by atoms with E-state index in [-0.39, 0.29) is 35.7 Å². The van der Waals surface area contributed by atoms with E-state index >= 15 is 0 Å². The number of aromatic amines is 2. The number of carbonyl (C=O) groups excluding carboxylic acids is 4. The predicted octanol–water partition coefficient (Wildman–Crippen LogP) is 6.09. The normalized spacial score (nSPS) is 18.4. The molecule has 4 amide bonds. The third-order valence-corrected chi connectivity index (χ3v) is 10.8. The molecule has 2 aliphatic heterocycles. The minimum atomic E-state index is -0.672. The fourth-order valence-electron chi connectivity index (χ4n) is 7.82. The van der Waals surface area contributed by atoms with Crippen LogP contribution >= 0.6 is 0 Å². The molecule has 0 bridgehead atoms. The van der Waals surface area contributed by atoms with Crippen LogP contribution in [0.25, 0.3) is 22.1 Å². The van der Waals surface area contributed by atoms with Crippen LogP contribution in [0.4, 0.5) is 9.59 Å². The summed E-state index contributed by atoms with van der Waals surface area (Å²) < 4.78 is 9.52. The van der Waals surface area contributed by atoms with Crippen LogP contribution in [0.1, 0.15) is 101 Å². The lowest BCUT2D eigenvalue weighted by Gasteiger charge is -2.29. The molecular weight excluding hydrogens is 688 g/mol. The molecule has 2 saturated heterocycles. The smallest absolute Gasteiger partial charge is 0.407 e. The van der Waals surface area contributed by atoms with Crippen LogP contribution in [-0.4, -0.2) is 93.1 Å².